The van der Waals surface area contributed by atoms with Crippen LogP contribution in [0.15, 0.2) is 30.7 Å². The van der Waals surface area contributed by atoms with Crippen molar-refractivity contribution >= 4 is 46.7 Å². The third-order valence-corrected chi connectivity index (χ3v) is 4.42. The first-order valence-electron chi connectivity index (χ1n) is 7.23. The Morgan fingerprint density at radius 2 is 1.92 bits per heavy atom. The van der Waals surface area contributed by atoms with Crippen molar-refractivity contribution in [3.63, 3.8) is 0 Å². The van der Waals surface area contributed by atoms with Crippen molar-refractivity contribution in [2.45, 2.75) is 20.0 Å². The fourth-order valence-corrected chi connectivity index (χ4v) is 2.61. The van der Waals surface area contributed by atoms with E-state index in [0.29, 0.717) is 27.3 Å². The molecule has 7 nitrogen and oxygen atoms in total. The molecule has 10 heteroatoms. The molecule has 0 aliphatic carbocycles. The van der Waals surface area contributed by atoms with Crippen molar-refractivity contribution in [1.29, 1.82) is 0 Å². The number of anilines is 1. The number of aryl methyl sites for hydroxylation is 1. The average Bonchev–Trinajstić information content (AvgIpc) is 3.09. The molecule has 0 saturated heterocycles. The summed E-state index contributed by atoms with van der Waals surface area (Å²) in [5.41, 5.74) is 1.58. The number of nitrogens with one attached hydrogen (secondary N) is 1. The lowest BCUT2D eigenvalue weighted by Gasteiger charge is -2.03. The molecule has 0 radical (unpaired) electrons. The molecule has 2 aromatic heterocycles. The summed E-state index contributed by atoms with van der Waals surface area (Å²) in [5, 5.41) is 12.4. The lowest BCUT2D eigenvalue weighted by atomic mass is 10.2. The van der Waals surface area contributed by atoms with E-state index in [1.165, 1.54) is 11.0 Å². The highest BCUT2D eigenvalue weighted by atomic mass is 35.5. The molecule has 0 atom stereocenters. The number of aromatic nitrogens is 5. The van der Waals surface area contributed by atoms with Crippen LogP contribution in [0.4, 0.5) is 5.95 Å². The molecule has 25 heavy (non-hydrogen) atoms. The predicted octanol–water partition coefficient (Wildman–Crippen LogP) is 3.43. The zero-order valence-corrected chi connectivity index (χ0v) is 15.3. The zero-order valence-electron chi connectivity index (χ0n) is 13.1. The summed E-state index contributed by atoms with van der Waals surface area (Å²) in [6.07, 6.45) is 3.11. The number of halogens is 3. The highest BCUT2D eigenvalue weighted by Gasteiger charge is 2.10. The minimum Gasteiger partial charge on any atom is -0.292 e. The van der Waals surface area contributed by atoms with Gasteiger partial charge in [-0.15, -0.1) is 5.10 Å². The van der Waals surface area contributed by atoms with Gasteiger partial charge in [-0.05, 0) is 24.6 Å². The normalized spacial score (nSPS) is 10.9. The number of carbonyl (C=O) groups excluding carboxylic acids is 1. The first-order valence-corrected chi connectivity index (χ1v) is 8.37. The molecule has 1 amide bonds. The van der Waals surface area contributed by atoms with Gasteiger partial charge in [0.2, 0.25) is 11.9 Å². The van der Waals surface area contributed by atoms with Crippen LogP contribution in [0.2, 0.25) is 15.1 Å². The van der Waals surface area contributed by atoms with E-state index in [1.807, 2.05) is 6.07 Å². The van der Waals surface area contributed by atoms with Crippen LogP contribution in [0.5, 0.6) is 0 Å². The van der Waals surface area contributed by atoms with Gasteiger partial charge in [-0.3, -0.25) is 14.8 Å². The van der Waals surface area contributed by atoms with Crippen molar-refractivity contribution in [1.82, 2.24) is 24.5 Å². The summed E-state index contributed by atoms with van der Waals surface area (Å²) >= 11 is 17.8. The molecule has 130 valence electrons. The van der Waals surface area contributed by atoms with E-state index in [2.05, 4.69) is 20.5 Å². The van der Waals surface area contributed by atoms with Crippen LogP contribution >= 0.6 is 34.8 Å². The lowest BCUT2D eigenvalue weighted by molar-refractivity contribution is -0.116. The molecular formula is C15H13Cl3N6O. The zero-order chi connectivity index (χ0) is 18.0. The van der Waals surface area contributed by atoms with Crippen LogP contribution in [-0.4, -0.2) is 30.5 Å². The van der Waals surface area contributed by atoms with Crippen LogP contribution < -0.4 is 5.32 Å². The summed E-state index contributed by atoms with van der Waals surface area (Å²) in [6.45, 7) is 2.24. The van der Waals surface area contributed by atoms with E-state index in [4.69, 9.17) is 34.8 Å². The maximum atomic E-state index is 12.0. The second-order valence-corrected chi connectivity index (χ2v) is 6.54. The van der Waals surface area contributed by atoms with E-state index < -0.39 is 0 Å². The highest BCUT2D eigenvalue weighted by Crippen LogP contribution is 2.22. The fourth-order valence-electron chi connectivity index (χ4n) is 2.14. The maximum absolute atomic E-state index is 12.0. The Labute approximate surface area is 158 Å². The second-order valence-electron chi connectivity index (χ2n) is 5.32. The van der Waals surface area contributed by atoms with Crippen molar-refractivity contribution in [3.05, 3.63) is 57.0 Å². The van der Waals surface area contributed by atoms with Crippen molar-refractivity contribution < 1.29 is 4.79 Å². The molecule has 0 fully saturated rings. The molecule has 0 aliphatic heterocycles. The van der Waals surface area contributed by atoms with E-state index in [9.17, 15) is 4.79 Å². The number of hydrogen-bond acceptors (Lipinski definition) is 4. The molecular weight excluding hydrogens is 387 g/mol. The quantitative estimate of drug-likeness (QED) is 0.713. The Balaban J connectivity index is 1.61. The van der Waals surface area contributed by atoms with Crippen LogP contribution in [0.25, 0.3) is 0 Å². The summed E-state index contributed by atoms with van der Waals surface area (Å²) in [7, 11) is 0. The van der Waals surface area contributed by atoms with Gasteiger partial charge in [0.1, 0.15) is 12.9 Å². The summed E-state index contributed by atoms with van der Waals surface area (Å²) in [6, 6.07) is 5.32. The van der Waals surface area contributed by atoms with Crippen LogP contribution in [0.1, 0.15) is 11.3 Å². The lowest BCUT2D eigenvalue weighted by Crippen LogP contribution is -2.20. The molecule has 2 heterocycles. The number of hydrogen-bond donors (Lipinski definition) is 1. The molecule has 3 rings (SSSR count). The monoisotopic (exact) mass is 398 g/mol. The van der Waals surface area contributed by atoms with Gasteiger partial charge in [-0.2, -0.15) is 5.10 Å². The molecule has 1 N–H and O–H groups in total. The van der Waals surface area contributed by atoms with Gasteiger partial charge in [0.25, 0.3) is 0 Å². The van der Waals surface area contributed by atoms with E-state index in [0.717, 1.165) is 5.56 Å². The molecule has 0 saturated carbocycles. The average molecular weight is 400 g/mol. The Kier molecular flexibility index (Phi) is 5.27. The van der Waals surface area contributed by atoms with Gasteiger partial charge in [-0.1, -0.05) is 40.9 Å². The topological polar surface area (TPSA) is 77.6 Å². The minimum absolute atomic E-state index is 0.0227. The molecule has 0 unspecified atom stereocenters. The fraction of sp³-hybridized carbons (Fsp3) is 0.200. The largest absolute Gasteiger partial charge is 0.292 e. The SMILES string of the molecule is Cc1nn(CC(=O)Nc2ncn(Cc3ccc(Cl)c(Cl)c3)n2)cc1Cl. The Morgan fingerprint density at radius 3 is 2.60 bits per heavy atom. The van der Waals surface area contributed by atoms with Crippen LogP contribution in [0, 0.1) is 6.92 Å². The first-order chi connectivity index (χ1) is 11.9. The van der Waals surface area contributed by atoms with E-state index in [1.54, 1.807) is 29.9 Å². The molecule has 0 spiro atoms. The number of carbonyl (C=O) groups is 1. The number of benzene rings is 1. The van der Waals surface area contributed by atoms with Gasteiger partial charge >= 0.3 is 0 Å². The number of rotatable bonds is 5. The highest BCUT2D eigenvalue weighted by molar-refractivity contribution is 6.42. The second kappa shape index (κ2) is 7.43. The summed E-state index contributed by atoms with van der Waals surface area (Å²) < 4.78 is 3.05. The van der Waals surface area contributed by atoms with E-state index >= 15 is 0 Å². The summed E-state index contributed by atoms with van der Waals surface area (Å²) in [4.78, 5) is 16.1. The van der Waals surface area contributed by atoms with Crippen molar-refractivity contribution in [2.24, 2.45) is 0 Å². The van der Waals surface area contributed by atoms with Gasteiger partial charge in [-0.25, -0.2) is 9.67 Å². The maximum Gasteiger partial charge on any atom is 0.248 e. The van der Waals surface area contributed by atoms with Gasteiger partial charge in [0, 0.05) is 6.20 Å². The molecule has 0 aliphatic rings. The van der Waals surface area contributed by atoms with E-state index in [-0.39, 0.29) is 18.4 Å². The number of nitrogens with zero attached hydrogens (tertiary/aromatic N) is 5. The number of amides is 1. The van der Waals surface area contributed by atoms with Crippen molar-refractivity contribution in [3.8, 4) is 0 Å². The molecule has 0 bridgehead atoms. The predicted molar refractivity (Wildman–Crippen MR) is 96.2 cm³/mol. The Morgan fingerprint density at radius 1 is 1.12 bits per heavy atom. The smallest absolute Gasteiger partial charge is 0.248 e. The van der Waals surface area contributed by atoms with Crippen molar-refractivity contribution in [2.75, 3.05) is 5.32 Å². The minimum atomic E-state index is -0.300. The third-order valence-electron chi connectivity index (χ3n) is 3.31. The van der Waals surface area contributed by atoms with Crippen LogP contribution in [-0.2, 0) is 17.9 Å². The van der Waals surface area contributed by atoms with Crippen LogP contribution in [0.3, 0.4) is 0 Å². The Hall–Kier alpha value is -2.09. The Bertz CT molecular complexity index is 900. The summed E-state index contributed by atoms with van der Waals surface area (Å²) in [5.74, 6) is -0.0912. The third kappa shape index (κ3) is 4.50. The molecule has 1 aromatic carbocycles. The standard InChI is InChI=1S/C15H13Cl3N6O/c1-9-13(18)6-23(21-9)7-14(25)20-15-19-8-24(22-15)5-10-2-3-11(16)12(17)4-10/h2-4,6,8H,5,7H2,1H3,(H,20,22,25). The molecule has 3 aromatic rings. The van der Waals surface area contributed by atoms with Gasteiger partial charge in [0.05, 0.1) is 27.3 Å². The van der Waals surface area contributed by atoms with Gasteiger partial charge in [0.15, 0.2) is 0 Å². The van der Waals surface area contributed by atoms with Gasteiger partial charge < -0.3 is 0 Å². The first kappa shape index (κ1) is 17.7.